The second kappa shape index (κ2) is 5.35. The van der Waals surface area contributed by atoms with Gasteiger partial charge in [-0.25, -0.2) is 4.98 Å². The Morgan fingerprint density at radius 2 is 2.06 bits per heavy atom. The Balaban J connectivity index is 2.18. The van der Waals surface area contributed by atoms with E-state index in [2.05, 4.69) is 24.1 Å². The van der Waals surface area contributed by atoms with Crippen molar-refractivity contribution >= 4 is 5.91 Å². The lowest BCUT2D eigenvalue weighted by Crippen LogP contribution is -2.57. The second-order valence-corrected chi connectivity index (χ2v) is 4.66. The maximum absolute atomic E-state index is 12.4. The number of piperazine rings is 1. The molecule has 2 atom stereocenters. The molecule has 0 spiro atoms. The van der Waals surface area contributed by atoms with Gasteiger partial charge >= 0.3 is 0 Å². The van der Waals surface area contributed by atoms with Crippen molar-refractivity contribution in [2.75, 3.05) is 20.2 Å². The van der Waals surface area contributed by atoms with Gasteiger partial charge in [0, 0.05) is 37.4 Å². The lowest BCUT2D eigenvalue weighted by molar-refractivity contribution is 0.0544. The van der Waals surface area contributed by atoms with Gasteiger partial charge in [0.05, 0.1) is 12.7 Å². The molecule has 1 saturated heterocycles. The molecule has 0 aliphatic carbocycles. The van der Waals surface area contributed by atoms with Crippen molar-refractivity contribution in [1.29, 1.82) is 0 Å². The van der Waals surface area contributed by atoms with E-state index in [-0.39, 0.29) is 18.0 Å². The van der Waals surface area contributed by atoms with E-state index < -0.39 is 0 Å². The normalized spacial score (nSPS) is 23.8. The summed E-state index contributed by atoms with van der Waals surface area (Å²) in [5.74, 6) is 0.555. The Morgan fingerprint density at radius 3 is 2.56 bits per heavy atom. The zero-order valence-corrected chi connectivity index (χ0v) is 11.0. The number of rotatable bonds is 2. The third kappa shape index (κ3) is 2.46. The molecule has 1 amide bonds. The van der Waals surface area contributed by atoms with E-state index in [4.69, 9.17) is 4.74 Å². The van der Waals surface area contributed by atoms with E-state index in [0.29, 0.717) is 11.4 Å². The molecule has 1 N–H and O–H groups in total. The van der Waals surface area contributed by atoms with E-state index >= 15 is 0 Å². The topological polar surface area (TPSA) is 54.5 Å². The van der Waals surface area contributed by atoms with Crippen molar-refractivity contribution in [2.45, 2.75) is 25.9 Å². The molecule has 0 bridgehead atoms. The van der Waals surface area contributed by atoms with Gasteiger partial charge in [-0.15, -0.1) is 0 Å². The van der Waals surface area contributed by atoms with Gasteiger partial charge in [0.1, 0.15) is 0 Å². The highest BCUT2D eigenvalue weighted by Gasteiger charge is 2.29. The fraction of sp³-hybridized carbons (Fsp3) is 0.538. The summed E-state index contributed by atoms with van der Waals surface area (Å²) in [7, 11) is 1.56. The van der Waals surface area contributed by atoms with Crippen LogP contribution < -0.4 is 10.1 Å². The van der Waals surface area contributed by atoms with E-state index in [1.165, 1.54) is 0 Å². The first-order valence-electron chi connectivity index (χ1n) is 6.17. The van der Waals surface area contributed by atoms with Crippen molar-refractivity contribution in [3.05, 3.63) is 23.9 Å². The Kier molecular flexibility index (Phi) is 3.81. The maximum Gasteiger partial charge on any atom is 0.255 e. The number of amides is 1. The van der Waals surface area contributed by atoms with Crippen LogP contribution >= 0.6 is 0 Å². The summed E-state index contributed by atoms with van der Waals surface area (Å²) in [6, 6.07) is 3.87. The van der Waals surface area contributed by atoms with Crippen LogP contribution in [0.4, 0.5) is 0 Å². The van der Waals surface area contributed by atoms with E-state index in [9.17, 15) is 4.79 Å². The van der Waals surface area contributed by atoms with Gasteiger partial charge in [-0.2, -0.15) is 0 Å². The van der Waals surface area contributed by atoms with Crippen LogP contribution in [0.1, 0.15) is 24.2 Å². The molecule has 2 rings (SSSR count). The minimum absolute atomic E-state index is 0.0339. The van der Waals surface area contributed by atoms with Crippen molar-refractivity contribution in [1.82, 2.24) is 15.2 Å². The van der Waals surface area contributed by atoms with E-state index in [1.54, 1.807) is 25.4 Å². The summed E-state index contributed by atoms with van der Waals surface area (Å²) >= 11 is 0. The number of methoxy groups -OCH3 is 1. The van der Waals surface area contributed by atoms with Gasteiger partial charge in [-0.1, -0.05) is 0 Å². The van der Waals surface area contributed by atoms with Crippen LogP contribution in [0, 0.1) is 0 Å². The number of carbonyl (C=O) groups excluding carboxylic acids is 1. The Bertz CT molecular complexity index is 409. The molecule has 0 unspecified atom stereocenters. The van der Waals surface area contributed by atoms with Gasteiger partial charge < -0.3 is 15.0 Å². The summed E-state index contributed by atoms with van der Waals surface area (Å²) in [5.41, 5.74) is 0.608. The molecule has 0 radical (unpaired) electrons. The molecule has 0 aromatic carbocycles. The zero-order chi connectivity index (χ0) is 13.1. The Morgan fingerprint density at radius 1 is 1.39 bits per heavy atom. The van der Waals surface area contributed by atoms with Crippen LogP contribution in [0.5, 0.6) is 5.88 Å². The minimum Gasteiger partial charge on any atom is -0.481 e. The summed E-state index contributed by atoms with van der Waals surface area (Å²) in [5, 5.41) is 3.31. The standard InChI is InChI=1S/C13H19N3O2/c1-9-6-14-7-10(2)16(9)13(17)11-4-5-12(18-3)15-8-11/h4-5,8-10,14H,6-7H2,1-3H3/t9-,10+. The van der Waals surface area contributed by atoms with Crippen LogP contribution in [0.25, 0.3) is 0 Å². The number of hydrogen-bond acceptors (Lipinski definition) is 4. The monoisotopic (exact) mass is 249 g/mol. The summed E-state index contributed by atoms with van der Waals surface area (Å²) in [6.07, 6.45) is 1.57. The molecule has 98 valence electrons. The minimum atomic E-state index is 0.0339. The van der Waals surface area contributed by atoms with E-state index in [0.717, 1.165) is 13.1 Å². The van der Waals surface area contributed by atoms with Crippen molar-refractivity contribution in [2.24, 2.45) is 0 Å². The van der Waals surface area contributed by atoms with Crippen LogP contribution in [0.2, 0.25) is 0 Å². The molecule has 18 heavy (non-hydrogen) atoms. The van der Waals surface area contributed by atoms with Crippen LogP contribution in [-0.4, -0.2) is 48.1 Å². The molecule has 1 aromatic heterocycles. The van der Waals surface area contributed by atoms with Gasteiger partial charge in [0.15, 0.2) is 0 Å². The number of hydrogen-bond donors (Lipinski definition) is 1. The first-order chi connectivity index (χ1) is 8.63. The molecular weight excluding hydrogens is 230 g/mol. The number of nitrogens with one attached hydrogen (secondary N) is 1. The van der Waals surface area contributed by atoms with Gasteiger partial charge in [-0.05, 0) is 19.9 Å². The average Bonchev–Trinajstić information content (AvgIpc) is 2.38. The highest BCUT2D eigenvalue weighted by atomic mass is 16.5. The second-order valence-electron chi connectivity index (χ2n) is 4.66. The number of aromatic nitrogens is 1. The van der Waals surface area contributed by atoms with Crippen molar-refractivity contribution < 1.29 is 9.53 Å². The fourth-order valence-corrected chi connectivity index (χ4v) is 2.31. The molecule has 1 fully saturated rings. The van der Waals surface area contributed by atoms with Crippen LogP contribution in [0.15, 0.2) is 18.3 Å². The first-order valence-corrected chi connectivity index (χ1v) is 6.17. The number of nitrogens with zero attached hydrogens (tertiary/aromatic N) is 2. The molecule has 2 heterocycles. The summed E-state index contributed by atoms with van der Waals surface area (Å²) < 4.78 is 4.99. The molecule has 0 saturated carbocycles. The van der Waals surface area contributed by atoms with Gasteiger partial charge in [-0.3, -0.25) is 4.79 Å². The smallest absolute Gasteiger partial charge is 0.255 e. The average molecular weight is 249 g/mol. The predicted octanol–water partition coefficient (Wildman–Crippen LogP) is 0.913. The number of pyridine rings is 1. The molecule has 5 heteroatoms. The largest absolute Gasteiger partial charge is 0.481 e. The predicted molar refractivity (Wildman–Crippen MR) is 68.8 cm³/mol. The number of carbonyl (C=O) groups is 1. The van der Waals surface area contributed by atoms with E-state index in [1.807, 2.05) is 4.90 Å². The quantitative estimate of drug-likeness (QED) is 0.846. The van der Waals surface area contributed by atoms with Crippen LogP contribution in [-0.2, 0) is 0 Å². The molecule has 1 aliphatic rings. The summed E-state index contributed by atoms with van der Waals surface area (Å²) in [6.45, 7) is 5.77. The molecule has 1 aliphatic heterocycles. The first kappa shape index (κ1) is 12.8. The third-order valence-corrected chi connectivity index (χ3v) is 3.26. The fourth-order valence-electron chi connectivity index (χ4n) is 2.31. The highest BCUT2D eigenvalue weighted by Crippen LogP contribution is 2.15. The SMILES string of the molecule is COc1ccc(C(=O)N2[C@H](C)CNC[C@@H]2C)cn1. The van der Waals surface area contributed by atoms with Crippen LogP contribution in [0.3, 0.4) is 0 Å². The maximum atomic E-state index is 12.4. The number of ether oxygens (including phenoxy) is 1. The zero-order valence-electron chi connectivity index (χ0n) is 11.0. The molecule has 1 aromatic rings. The Hall–Kier alpha value is -1.62. The highest BCUT2D eigenvalue weighted by molar-refractivity contribution is 5.94. The summed E-state index contributed by atoms with van der Waals surface area (Å²) in [4.78, 5) is 18.4. The van der Waals surface area contributed by atoms with Gasteiger partial charge in [0.2, 0.25) is 5.88 Å². The van der Waals surface area contributed by atoms with Crippen molar-refractivity contribution in [3.8, 4) is 5.88 Å². The molecular formula is C13H19N3O2. The van der Waals surface area contributed by atoms with Gasteiger partial charge in [0.25, 0.3) is 5.91 Å². The lowest BCUT2D eigenvalue weighted by Gasteiger charge is -2.39. The van der Waals surface area contributed by atoms with Crippen molar-refractivity contribution in [3.63, 3.8) is 0 Å². The molecule has 5 nitrogen and oxygen atoms in total. The lowest BCUT2D eigenvalue weighted by atomic mass is 10.1. The third-order valence-electron chi connectivity index (χ3n) is 3.26. The Labute approximate surface area is 107 Å².